The van der Waals surface area contributed by atoms with Gasteiger partial charge in [-0.25, -0.2) is 13.1 Å². The lowest BCUT2D eigenvalue weighted by Crippen LogP contribution is -2.36. The van der Waals surface area contributed by atoms with Gasteiger partial charge >= 0.3 is 0 Å². The van der Waals surface area contributed by atoms with Gasteiger partial charge in [-0.15, -0.1) is 11.3 Å². The van der Waals surface area contributed by atoms with E-state index >= 15 is 0 Å². The van der Waals surface area contributed by atoms with Gasteiger partial charge in [0.1, 0.15) is 4.21 Å². The van der Waals surface area contributed by atoms with Crippen molar-refractivity contribution < 1.29 is 8.42 Å². The summed E-state index contributed by atoms with van der Waals surface area (Å²) in [5.74, 6) is 0. The van der Waals surface area contributed by atoms with Crippen LogP contribution in [0.2, 0.25) is 0 Å². The van der Waals surface area contributed by atoms with Gasteiger partial charge in [0.2, 0.25) is 10.0 Å². The Morgan fingerprint density at radius 3 is 2.88 bits per heavy atom. The molecular weight excluding hydrogens is 258 g/mol. The SMILES string of the molecule is Cc1ccc(S(=O)(=O)N[C@@H]2CCN(C#N)C2)s1. The van der Waals surface area contributed by atoms with Gasteiger partial charge in [-0.2, -0.15) is 5.26 Å². The van der Waals surface area contributed by atoms with Crippen LogP contribution in [0.4, 0.5) is 0 Å². The van der Waals surface area contributed by atoms with Gasteiger partial charge in [0, 0.05) is 24.0 Å². The van der Waals surface area contributed by atoms with Gasteiger partial charge in [-0.05, 0) is 25.5 Å². The van der Waals surface area contributed by atoms with Gasteiger partial charge in [0.25, 0.3) is 0 Å². The fourth-order valence-electron chi connectivity index (χ4n) is 1.78. The third-order valence-electron chi connectivity index (χ3n) is 2.63. The monoisotopic (exact) mass is 271 g/mol. The van der Waals surface area contributed by atoms with Gasteiger partial charge in [0.05, 0.1) is 0 Å². The molecule has 0 radical (unpaired) electrons. The van der Waals surface area contributed by atoms with Gasteiger partial charge in [-0.1, -0.05) is 0 Å². The number of sulfonamides is 1. The van der Waals surface area contributed by atoms with E-state index < -0.39 is 10.0 Å². The summed E-state index contributed by atoms with van der Waals surface area (Å²) < 4.78 is 27.0. The van der Waals surface area contributed by atoms with Crippen molar-refractivity contribution in [2.45, 2.75) is 23.6 Å². The van der Waals surface area contributed by atoms with Crippen LogP contribution in [0.15, 0.2) is 16.3 Å². The van der Waals surface area contributed by atoms with E-state index in [9.17, 15) is 8.42 Å². The molecule has 0 aliphatic carbocycles. The average Bonchev–Trinajstić information content (AvgIpc) is 2.86. The number of thiophene rings is 1. The number of nitrogens with one attached hydrogen (secondary N) is 1. The number of hydrogen-bond donors (Lipinski definition) is 1. The molecule has 2 heterocycles. The van der Waals surface area contributed by atoms with Crippen molar-refractivity contribution in [2.75, 3.05) is 13.1 Å². The van der Waals surface area contributed by atoms with E-state index in [4.69, 9.17) is 5.26 Å². The molecule has 2 rings (SSSR count). The predicted octanol–water partition coefficient (Wildman–Crippen LogP) is 0.890. The summed E-state index contributed by atoms with van der Waals surface area (Å²) in [6, 6.07) is 3.23. The molecule has 0 aromatic carbocycles. The minimum atomic E-state index is -3.42. The zero-order chi connectivity index (χ0) is 12.5. The molecule has 1 aliphatic heterocycles. The smallest absolute Gasteiger partial charge is 0.250 e. The van der Waals surface area contributed by atoms with Crippen LogP contribution in [0.25, 0.3) is 0 Å². The summed E-state index contributed by atoms with van der Waals surface area (Å²) in [5.41, 5.74) is 0. The topological polar surface area (TPSA) is 73.2 Å². The van der Waals surface area contributed by atoms with Crippen molar-refractivity contribution in [1.29, 1.82) is 5.26 Å². The number of aryl methyl sites for hydroxylation is 1. The Kier molecular flexibility index (Phi) is 3.38. The number of likely N-dealkylation sites (tertiary alicyclic amines) is 1. The maximum Gasteiger partial charge on any atom is 0.250 e. The highest BCUT2D eigenvalue weighted by Gasteiger charge is 2.27. The molecule has 1 saturated heterocycles. The second-order valence-corrected chi connectivity index (χ2v) is 7.25. The molecule has 5 nitrogen and oxygen atoms in total. The van der Waals surface area contributed by atoms with Crippen LogP contribution < -0.4 is 4.72 Å². The number of nitrogens with zero attached hydrogens (tertiary/aromatic N) is 2. The zero-order valence-electron chi connectivity index (χ0n) is 9.38. The third-order valence-corrected chi connectivity index (χ3v) is 5.65. The first-order valence-corrected chi connectivity index (χ1v) is 7.55. The molecule has 1 fully saturated rings. The molecule has 17 heavy (non-hydrogen) atoms. The minimum Gasteiger partial charge on any atom is -0.309 e. The predicted molar refractivity (Wildman–Crippen MR) is 65.0 cm³/mol. The van der Waals surface area contributed by atoms with Gasteiger partial charge in [-0.3, -0.25) is 0 Å². The Bertz CT molecular complexity index is 544. The van der Waals surface area contributed by atoms with Gasteiger partial charge in [0.15, 0.2) is 6.19 Å². The largest absolute Gasteiger partial charge is 0.309 e. The van der Waals surface area contributed by atoms with Crippen LogP contribution in [0.1, 0.15) is 11.3 Å². The first kappa shape index (κ1) is 12.4. The van der Waals surface area contributed by atoms with Crippen molar-refractivity contribution in [3.05, 3.63) is 17.0 Å². The van der Waals surface area contributed by atoms with E-state index in [1.165, 1.54) is 11.3 Å². The van der Waals surface area contributed by atoms with E-state index in [-0.39, 0.29) is 6.04 Å². The number of nitriles is 1. The summed E-state index contributed by atoms with van der Waals surface area (Å²) in [6.45, 7) is 2.95. The molecule has 0 bridgehead atoms. The lowest BCUT2D eigenvalue weighted by Gasteiger charge is -2.11. The summed E-state index contributed by atoms with van der Waals surface area (Å²) in [5, 5.41) is 8.70. The molecule has 1 aliphatic rings. The summed E-state index contributed by atoms with van der Waals surface area (Å²) in [4.78, 5) is 2.53. The Labute approximate surface area is 105 Å². The van der Waals surface area contributed by atoms with Crippen LogP contribution in [0, 0.1) is 18.4 Å². The highest BCUT2D eigenvalue weighted by atomic mass is 32.2. The first-order chi connectivity index (χ1) is 8.01. The molecule has 1 aromatic rings. The quantitative estimate of drug-likeness (QED) is 0.829. The van der Waals surface area contributed by atoms with E-state index in [2.05, 4.69) is 4.72 Å². The molecule has 1 aromatic heterocycles. The molecule has 0 unspecified atom stereocenters. The molecule has 92 valence electrons. The van der Waals surface area contributed by atoms with Crippen LogP contribution in [0.3, 0.4) is 0 Å². The van der Waals surface area contributed by atoms with Crippen LogP contribution in [0.5, 0.6) is 0 Å². The molecule has 0 saturated carbocycles. The normalized spacial score (nSPS) is 20.5. The van der Waals surface area contributed by atoms with E-state index in [0.29, 0.717) is 23.7 Å². The third kappa shape index (κ3) is 2.77. The standard InChI is InChI=1S/C10H13N3O2S2/c1-8-2-3-10(16-8)17(14,15)12-9-4-5-13(6-9)7-11/h2-3,9,12H,4-6H2,1H3/t9-/m1/s1. The van der Waals surface area contributed by atoms with Crippen molar-refractivity contribution in [2.24, 2.45) is 0 Å². The van der Waals surface area contributed by atoms with Crippen molar-refractivity contribution in [3.63, 3.8) is 0 Å². The average molecular weight is 271 g/mol. The van der Waals surface area contributed by atoms with E-state index in [1.54, 1.807) is 17.0 Å². The maximum absolute atomic E-state index is 12.0. The lowest BCUT2D eigenvalue weighted by atomic mass is 10.3. The minimum absolute atomic E-state index is 0.165. The molecule has 7 heteroatoms. The molecular formula is C10H13N3O2S2. The second-order valence-electron chi connectivity index (χ2n) is 4.02. The Hall–Kier alpha value is -1.10. The summed E-state index contributed by atoms with van der Waals surface area (Å²) >= 11 is 1.26. The Morgan fingerprint density at radius 2 is 2.35 bits per heavy atom. The van der Waals surface area contributed by atoms with Gasteiger partial charge < -0.3 is 4.90 Å². The Balaban J connectivity index is 2.07. The van der Waals surface area contributed by atoms with E-state index in [0.717, 1.165) is 4.88 Å². The molecule has 1 N–H and O–H groups in total. The van der Waals surface area contributed by atoms with E-state index in [1.807, 2.05) is 13.1 Å². The van der Waals surface area contributed by atoms with Crippen LogP contribution in [-0.2, 0) is 10.0 Å². The summed E-state index contributed by atoms with van der Waals surface area (Å²) in [6.07, 6.45) is 2.70. The molecule has 0 amide bonds. The summed E-state index contributed by atoms with van der Waals surface area (Å²) in [7, 11) is -3.42. The Morgan fingerprint density at radius 1 is 1.59 bits per heavy atom. The fourth-order valence-corrected chi connectivity index (χ4v) is 4.34. The van der Waals surface area contributed by atoms with Crippen molar-refractivity contribution in [1.82, 2.24) is 9.62 Å². The lowest BCUT2D eigenvalue weighted by molar-refractivity contribution is 0.470. The highest BCUT2D eigenvalue weighted by molar-refractivity contribution is 7.91. The van der Waals surface area contributed by atoms with Crippen molar-refractivity contribution in [3.8, 4) is 6.19 Å². The number of hydrogen-bond acceptors (Lipinski definition) is 5. The molecule has 0 spiro atoms. The van der Waals surface area contributed by atoms with Crippen LogP contribution in [-0.4, -0.2) is 32.4 Å². The van der Waals surface area contributed by atoms with Crippen LogP contribution >= 0.6 is 11.3 Å². The maximum atomic E-state index is 12.0. The second kappa shape index (κ2) is 4.64. The number of rotatable bonds is 3. The highest BCUT2D eigenvalue weighted by Crippen LogP contribution is 2.21. The fraction of sp³-hybridized carbons (Fsp3) is 0.500. The zero-order valence-corrected chi connectivity index (χ0v) is 11.0. The van der Waals surface area contributed by atoms with Crippen molar-refractivity contribution >= 4 is 21.4 Å². The molecule has 1 atom stereocenters. The first-order valence-electron chi connectivity index (χ1n) is 5.25.